The first-order chi connectivity index (χ1) is 15.1. The van der Waals surface area contributed by atoms with E-state index < -0.39 is 0 Å². The second kappa shape index (κ2) is 7.38. The van der Waals surface area contributed by atoms with E-state index >= 15 is 0 Å². The SMILES string of the molecule is Cc1cccc(-n2nc(C(=O)Nc3ccc(N)cc3)cc2-c2ccc3ncnn3c2)n1. The average molecular weight is 410 g/mol. The fourth-order valence-corrected chi connectivity index (χ4v) is 3.25. The highest BCUT2D eigenvalue weighted by Crippen LogP contribution is 2.24. The maximum absolute atomic E-state index is 12.9. The topological polar surface area (TPSA) is 116 Å². The summed E-state index contributed by atoms with van der Waals surface area (Å²) in [5.74, 6) is 0.277. The van der Waals surface area contributed by atoms with Gasteiger partial charge in [0.15, 0.2) is 17.2 Å². The first-order valence-electron chi connectivity index (χ1n) is 9.57. The molecule has 4 heterocycles. The van der Waals surface area contributed by atoms with Crippen LogP contribution >= 0.6 is 0 Å². The summed E-state index contributed by atoms with van der Waals surface area (Å²) in [4.78, 5) is 21.6. The molecule has 0 atom stereocenters. The van der Waals surface area contributed by atoms with Gasteiger partial charge in [0.05, 0.1) is 5.69 Å². The van der Waals surface area contributed by atoms with Crippen molar-refractivity contribution in [1.29, 1.82) is 0 Å². The summed E-state index contributed by atoms with van der Waals surface area (Å²) >= 11 is 0. The van der Waals surface area contributed by atoms with Gasteiger partial charge in [-0.25, -0.2) is 19.2 Å². The molecular formula is C22H18N8O. The van der Waals surface area contributed by atoms with Crippen LogP contribution in [0.5, 0.6) is 0 Å². The summed E-state index contributed by atoms with van der Waals surface area (Å²) in [5, 5.41) is 11.6. The Bertz CT molecular complexity index is 1400. The zero-order chi connectivity index (χ0) is 21.4. The molecule has 0 spiro atoms. The molecule has 31 heavy (non-hydrogen) atoms. The van der Waals surface area contributed by atoms with Crippen LogP contribution in [0.4, 0.5) is 11.4 Å². The molecule has 0 saturated carbocycles. The van der Waals surface area contributed by atoms with Gasteiger partial charge in [-0.2, -0.15) is 10.2 Å². The minimum Gasteiger partial charge on any atom is -0.399 e. The lowest BCUT2D eigenvalue weighted by Gasteiger charge is -2.07. The van der Waals surface area contributed by atoms with E-state index in [1.54, 1.807) is 39.5 Å². The molecule has 0 aliphatic rings. The van der Waals surface area contributed by atoms with Crippen molar-refractivity contribution >= 4 is 22.9 Å². The lowest BCUT2D eigenvalue weighted by molar-refractivity contribution is 0.102. The van der Waals surface area contributed by atoms with Gasteiger partial charge in [-0.3, -0.25) is 4.79 Å². The van der Waals surface area contributed by atoms with Crippen LogP contribution in [0.2, 0.25) is 0 Å². The van der Waals surface area contributed by atoms with Crippen molar-refractivity contribution in [2.24, 2.45) is 0 Å². The van der Waals surface area contributed by atoms with Gasteiger partial charge >= 0.3 is 0 Å². The molecule has 9 heteroatoms. The Morgan fingerprint density at radius 3 is 2.71 bits per heavy atom. The number of rotatable bonds is 4. The fourth-order valence-electron chi connectivity index (χ4n) is 3.25. The molecular weight excluding hydrogens is 392 g/mol. The summed E-state index contributed by atoms with van der Waals surface area (Å²) < 4.78 is 3.33. The highest BCUT2D eigenvalue weighted by atomic mass is 16.2. The van der Waals surface area contributed by atoms with Crippen molar-refractivity contribution < 1.29 is 4.79 Å². The van der Waals surface area contributed by atoms with Crippen molar-refractivity contribution in [2.45, 2.75) is 6.92 Å². The van der Waals surface area contributed by atoms with Gasteiger partial charge in [0.25, 0.3) is 5.91 Å². The number of fused-ring (bicyclic) bond motifs is 1. The number of amides is 1. The highest BCUT2D eigenvalue weighted by molar-refractivity contribution is 6.03. The number of nitrogens with zero attached hydrogens (tertiary/aromatic N) is 6. The predicted molar refractivity (Wildman–Crippen MR) is 117 cm³/mol. The summed E-state index contributed by atoms with van der Waals surface area (Å²) in [5.41, 5.74) is 10.3. The summed E-state index contributed by atoms with van der Waals surface area (Å²) in [7, 11) is 0. The number of anilines is 2. The molecule has 0 aliphatic carbocycles. The molecule has 1 amide bonds. The first kappa shape index (κ1) is 18.5. The molecule has 152 valence electrons. The molecule has 5 rings (SSSR count). The van der Waals surface area contributed by atoms with Crippen molar-refractivity contribution in [3.8, 4) is 17.1 Å². The molecule has 1 aromatic carbocycles. The quantitative estimate of drug-likeness (QED) is 0.440. The van der Waals surface area contributed by atoms with Crippen LogP contribution in [0.15, 0.2) is 73.2 Å². The molecule has 0 bridgehead atoms. The minimum absolute atomic E-state index is 0.258. The van der Waals surface area contributed by atoms with Gasteiger partial charge in [-0.1, -0.05) is 6.07 Å². The van der Waals surface area contributed by atoms with Crippen LogP contribution in [0.1, 0.15) is 16.2 Å². The highest BCUT2D eigenvalue weighted by Gasteiger charge is 2.18. The monoisotopic (exact) mass is 410 g/mol. The molecule has 0 radical (unpaired) electrons. The number of pyridine rings is 2. The van der Waals surface area contributed by atoms with E-state index in [1.807, 2.05) is 43.5 Å². The molecule has 9 nitrogen and oxygen atoms in total. The second-order valence-electron chi connectivity index (χ2n) is 7.02. The lowest BCUT2D eigenvalue weighted by atomic mass is 10.2. The van der Waals surface area contributed by atoms with Crippen molar-refractivity contribution in [1.82, 2.24) is 29.4 Å². The third-order valence-electron chi connectivity index (χ3n) is 4.77. The molecule has 0 aliphatic heterocycles. The number of carbonyl (C=O) groups excluding carboxylic acids is 1. The first-order valence-corrected chi connectivity index (χ1v) is 9.57. The Morgan fingerprint density at radius 2 is 1.90 bits per heavy atom. The van der Waals surface area contributed by atoms with Gasteiger partial charge in [0.2, 0.25) is 0 Å². The third kappa shape index (κ3) is 3.60. The second-order valence-corrected chi connectivity index (χ2v) is 7.02. The normalized spacial score (nSPS) is 11.0. The lowest BCUT2D eigenvalue weighted by Crippen LogP contribution is -2.13. The number of nitrogens with two attached hydrogens (primary N) is 1. The predicted octanol–water partition coefficient (Wildman–Crippen LogP) is 3.12. The molecule has 0 saturated heterocycles. The van der Waals surface area contributed by atoms with Crippen molar-refractivity contribution in [3.63, 3.8) is 0 Å². The Balaban J connectivity index is 1.59. The molecule has 0 unspecified atom stereocenters. The maximum Gasteiger partial charge on any atom is 0.276 e. The Hall–Kier alpha value is -4.53. The van der Waals surface area contributed by atoms with E-state index in [-0.39, 0.29) is 11.6 Å². The molecule has 3 N–H and O–H groups in total. The van der Waals surface area contributed by atoms with E-state index in [0.29, 0.717) is 22.9 Å². The van der Waals surface area contributed by atoms with E-state index in [2.05, 4.69) is 25.5 Å². The molecule has 4 aromatic heterocycles. The van der Waals surface area contributed by atoms with Gasteiger partial charge in [0.1, 0.15) is 6.33 Å². The van der Waals surface area contributed by atoms with Crippen LogP contribution in [0, 0.1) is 6.92 Å². The number of aryl methyl sites for hydroxylation is 1. The van der Waals surface area contributed by atoms with Gasteiger partial charge in [0, 0.05) is 28.8 Å². The summed E-state index contributed by atoms with van der Waals surface area (Å²) in [6.07, 6.45) is 3.33. The van der Waals surface area contributed by atoms with Crippen LogP contribution < -0.4 is 11.1 Å². The number of benzene rings is 1. The number of aromatic nitrogens is 6. The van der Waals surface area contributed by atoms with Crippen molar-refractivity contribution in [2.75, 3.05) is 11.1 Å². The zero-order valence-electron chi connectivity index (χ0n) is 16.6. The summed E-state index contributed by atoms with van der Waals surface area (Å²) in [6.45, 7) is 1.91. The number of carbonyl (C=O) groups is 1. The van der Waals surface area contributed by atoms with Crippen LogP contribution in [-0.2, 0) is 0 Å². The smallest absolute Gasteiger partial charge is 0.276 e. The Kier molecular flexibility index (Phi) is 4.40. The van der Waals surface area contributed by atoms with Crippen LogP contribution in [0.3, 0.4) is 0 Å². The fraction of sp³-hybridized carbons (Fsp3) is 0.0455. The Labute approximate surface area is 177 Å². The maximum atomic E-state index is 12.9. The summed E-state index contributed by atoms with van der Waals surface area (Å²) in [6, 6.07) is 18.1. The number of hydrogen-bond donors (Lipinski definition) is 2. The van der Waals surface area contributed by atoms with E-state index in [1.165, 1.54) is 6.33 Å². The van der Waals surface area contributed by atoms with Crippen LogP contribution in [0.25, 0.3) is 22.7 Å². The van der Waals surface area contributed by atoms with Gasteiger partial charge < -0.3 is 11.1 Å². The van der Waals surface area contributed by atoms with E-state index in [4.69, 9.17) is 5.73 Å². The van der Waals surface area contributed by atoms with E-state index in [0.717, 1.165) is 16.9 Å². The number of nitrogens with one attached hydrogen (secondary N) is 1. The average Bonchev–Trinajstić information content (AvgIpc) is 3.42. The van der Waals surface area contributed by atoms with Crippen LogP contribution in [-0.4, -0.2) is 35.3 Å². The standard InChI is InChI=1S/C22H18N8O/c1-14-3-2-4-21(26-14)30-19(15-5-10-20-24-13-25-29(20)12-15)11-18(28-30)22(31)27-17-8-6-16(23)7-9-17/h2-13H,23H2,1H3,(H,27,31). The van der Waals surface area contributed by atoms with Crippen molar-refractivity contribution in [3.05, 3.63) is 84.6 Å². The largest absolute Gasteiger partial charge is 0.399 e. The molecule has 0 fully saturated rings. The number of nitrogen functional groups attached to an aromatic ring is 1. The zero-order valence-corrected chi connectivity index (χ0v) is 16.6. The number of hydrogen-bond acceptors (Lipinski definition) is 6. The van der Waals surface area contributed by atoms with E-state index in [9.17, 15) is 4.79 Å². The minimum atomic E-state index is -0.334. The molecule has 5 aromatic rings. The van der Waals surface area contributed by atoms with Gasteiger partial charge in [-0.15, -0.1) is 0 Å². The Morgan fingerprint density at radius 1 is 1.06 bits per heavy atom. The third-order valence-corrected chi connectivity index (χ3v) is 4.77. The van der Waals surface area contributed by atoms with Gasteiger partial charge in [-0.05, 0) is 61.5 Å².